The smallest absolute Gasteiger partial charge is 0.307 e. The van der Waals surface area contributed by atoms with Crippen molar-refractivity contribution in [2.45, 2.75) is 19.8 Å². The SMILES string of the molecule is Cc1cc(NC(=O)C2CC=CCC2C(=O)O)ccc1Oc1cccnc1. The highest BCUT2D eigenvalue weighted by atomic mass is 16.5. The molecule has 0 saturated heterocycles. The summed E-state index contributed by atoms with van der Waals surface area (Å²) in [6, 6.07) is 8.91. The molecule has 2 unspecified atom stereocenters. The summed E-state index contributed by atoms with van der Waals surface area (Å²) in [7, 11) is 0. The Morgan fingerprint density at radius 3 is 2.62 bits per heavy atom. The first-order valence-electron chi connectivity index (χ1n) is 8.42. The molecule has 0 bridgehead atoms. The van der Waals surface area contributed by atoms with Crippen molar-refractivity contribution in [3.8, 4) is 11.5 Å². The van der Waals surface area contributed by atoms with E-state index in [1.165, 1.54) is 0 Å². The number of aryl methyl sites for hydroxylation is 1. The maximum absolute atomic E-state index is 12.5. The lowest BCUT2D eigenvalue weighted by Crippen LogP contribution is -2.34. The highest BCUT2D eigenvalue weighted by Gasteiger charge is 2.33. The third-order valence-corrected chi connectivity index (χ3v) is 4.39. The Bertz CT molecular complexity index is 833. The Morgan fingerprint density at radius 1 is 1.19 bits per heavy atom. The van der Waals surface area contributed by atoms with Crippen LogP contribution in [-0.2, 0) is 9.59 Å². The molecule has 6 heteroatoms. The second kappa shape index (κ2) is 7.82. The topological polar surface area (TPSA) is 88.5 Å². The van der Waals surface area contributed by atoms with Gasteiger partial charge in [0.05, 0.1) is 18.0 Å². The molecule has 6 nitrogen and oxygen atoms in total. The number of carboxylic acids is 1. The van der Waals surface area contributed by atoms with Gasteiger partial charge in [-0.1, -0.05) is 12.2 Å². The molecule has 2 aromatic rings. The van der Waals surface area contributed by atoms with Crippen LogP contribution < -0.4 is 10.1 Å². The molecule has 3 rings (SSSR count). The zero-order valence-electron chi connectivity index (χ0n) is 14.4. The monoisotopic (exact) mass is 352 g/mol. The molecule has 0 fully saturated rings. The molecule has 0 saturated carbocycles. The van der Waals surface area contributed by atoms with E-state index in [2.05, 4.69) is 10.3 Å². The third kappa shape index (κ3) is 4.08. The third-order valence-electron chi connectivity index (χ3n) is 4.39. The zero-order valence-corrected chi connectivity index (χ0v) is 14.4. The predicted octanol–water partition coefficient (Wildman–Crippen LogP) is 3.79. The minimum Gasteiger partial charge on any atom is -0.481 e. The molecule has 1 aliphatic rings. The average Bonchev–Trinajstić information content (AvgIpc) is 2.65. The highest BCUT2D eigenvalue weighted by Crippen LogP contribution is 2.29. The minimum absolute atomic E-state index is 0.276. The number of allylic oxidation sites excluding steroid dienone is 2. The lowest BCUT2D eigenvalue weighted by Gasteiger charge is -2.24. The van der Waals surface area contributed by atoms with E-state index in [4.69, 9.17) is 4.74 Å². The van der Waals surface area contributed by atoms with Crippen LogP contribution in [0.5, 0.6) is 11.5 Å². The number of nitrogens with zero attached hydrogens (tertiary/aromatic N) is 1. The second-order valence-corrected chi connectivity index (χ2v) is 6.25. The molecule has 1 aliphatic carbocycles. The average molecular weight is 352 g/mol. The van der Waals surface area contributed by atoms with Gasteiger partial charge in [-0.3, -0.25) is 14.6 Å². The molecule has 1 aromatic heterocycles. The molecule has 1 aromatic carbocycles. The van der Waals surface area contributed by atoms with E-state index >= 15 is 0 Å². The van der Waals surface area contributed by atoms with Crippen molar-refractivity contribution >= 4 is 17.6 Å². The summed E-state index contributed by atoms with van der Waals surface area (Å²) in [6.45, 7) is 1.88. The predicted molar refractivity (Wildman–Crippen MR) is 97.1 cm³/mol. The number of carboxylic acid groups (broad SMARTS) is 1. The summed E-state index contributed by atoms with van der Waals surface area (Å²) >= 11 is 0. The Kier molecular flexibility index (Phi) is 5.31. The van der Waals surface area contributed by atoms with E-state index in [-0.39, 0.29) is 5.91 Å². The molecular formula is C20H20N2O4. The van der Waals surface area contributed by atoms with Gasteiger partial charge in [0.25, 0.3) is 0 Å². The lowest BCUT2D eigenvalue weighted by atomic mass is 9.82. The Hall–Kier alpha value is -3.15. The van der Waals surface area contributed by atoms with Gasteiger partial charge in [-0.15, -0.1) is 0 Å². The Balaban J connectivity index is 1.70. The van der Waals surface area contributed by atoms with Gasteiger partial charge in [-0.25, -0.2) is 0 Å². The Labute approximate surface area is 151 Å². The van der Waals surface area contributed by atoms with Crippen molar-refractivity contribution in [2.24, 2.45) is 11.8 Å². The number of benzene rings is 1. The highest BCUT2D eigenvalue weighted by molar-refractivity contribution is 5.95. The van der Waals surface area contributed by atoms with Crippen LogP contribution >= 0.6 is 0 Å². The first-order valence-corrected chi connectivity index (χ1v) is 8.42. The van der Waals surface area contributed by atoms with Gasteiger partial charge in [-0.05, 0) is 55.7 Å². The summed E-state index contributed by atoms with van der Waals surface area (Å²) in [5.41, 5.74) is 1.47. The van der Waals surface area contributed by atoms with Gasteiger partial charge < -0.3 is 15.2 Å². The van der Waals surface area contributed by atoms with Crippen molar-refractivity contribution in [3.05, 3.63) is 60.4 Å². The second-order valence-electron chi connectivity index (χ2n) is 6.25. The summed E-state index contributed by atoms with van der Waals surface area (Å²) in [6.07, 6.45) is 7.78. The van der Waals surface area contributed by atoms with Gasteiger partial charge in [-0.2, -0.15) is 0 Å². The van der Waals surface area contributed by atoms with E-state index in [0.717, 1.165) is 5.56 Å². The van der Waals surface area contributed by atoms with Crippen LogP contribution in [0.4, 0.5) is 5.69 Å². The van der Waals surface area contributed by atoms with Gasteiger partial charge in [0.1, 0.15) is 11.5 Å². The van der Waals surface area contributed by atoms with E-state index < -0.39 is 17.8 Å². The maximum Gasteiger partial charge on any atom is 0.307 e. The van der Waals surface area contributed by atoms with Crippen LogP contribution in [0.1, 0.15) is 18.4 Å². The number of aliphatic carboxylic acids is 1. The molecule has 134 valence electrons. The van der Waals surface area contributed by atoms with Crippen LogP contribution in [0.2, 0.25) is 0 Å². The van der Waals surface area contributed by atoms with Crippen molar-refractivity contribution in [1.82, 2.24) is 4.98 Å². The normalized spacial score (nSPS) is 19.0. The number of hydrogen-bond donors (Lipinski definition) is 2. The summed E-state index contributed by atoms with van der Waals surface area (Å²) < 4.78 is 5.77. The minimum atomic E-state index is -0.939. The largest absolute Gasteiger partial charge is 0.481 e. The number of hydrogen-bond acceptors (Lipinski definition) is 4. The molecule has 0 spiro atoms. The van der Waals surface area contributed by atoms with Gasteiger partial charge in [0, 0.05) is 11.9 Å². The van der Waals surface area contributed by atoms with Crippen molar-refractivity contribution < 1.29 is 19.4 Å². The number of carbonyl (C=O) groups is 2. The number of carbonyl (C=O) groups excluding carboxylic acids is 1. The number of rotatable bonds is 5. The van der Waals surface area contributed by atoms with Crippen LogP contribution in [0.25, 0.3) is 0 Å². The number of aromatic nitrogens is 1. The quantitative estimate of drug-likeness (QED) is 0.799. The summed E-state index contributed by atoms with van der Waals surface area (Å²) in [4.78, 5) is 27.9. The number of pyridine rings is 1. The fourth-order valence-corrected chi connectivity index (χ4v) is 2.99. The van der Waals surface area contributed by atoms with Crippen LogP contribution in [0, 0.1) is 18.8 Å². The fraction of sp³-hybridized carbons (Fsp3) is 0.250. The first-order chi connectivity index (χ1) is 12.5. The number of nitrogens with one attached hydrogen (secondary N) is 1. The van der Waals surface area contributed by atoms with Crippen molar-refractivity contribution in [2.75, 3.05) is 5.32 Å². The van der Waals surface area contributed by atoms with E-state index in [0.29, 0.717) is 30.0 Å². The van der Waals surface area contributed by atoms with Crippen LogP contribution in [0.3, 0.4) is 0 Å². The van der Waals surface area contributed by atoms with Crippen LogP contribution in [-0.4, -0.2) is 22.0 Å². The van der Waals surface area contributed by atoms with E-state index in [1.54, 1.807) is 36.7 Å². The first kappa shape index (κ1) is 17.7. The number of ether oxygens (including phenoxy) is 1. The van der Waals surface area contributed by atoms with E-state index in [9.17, 15) is 14.7 Å². The van der Waals surface area contributed by atoms with Crippen molar-refractivity contribution in [1.29, 1.82) is 0 Å². The standard InChI is InChI=1S/C20H20N2O4/c1-13-11-14(8-9-18(13)26-15-5-4-10-21-12-15)22-19(23)16-6-2-3-7-17(16)20(24)25/h2-5,8-12,16-17H,6-7H2,1H3,(H,22,23)(H,24,25). The molecule has 1 amide bonds. The van der Waals surface area contributed by atoms with Crippen molar-refractivity contribution in [3.63, 3.8) is 0 Å². The number of anilines is 1. The fourth-order valence-electron chi connectivity index (χ4n) is 2.99. The molecule has 2 N–H and O–H groups in total. The van der Waals surface area contributed by atoms with Gasteiger partial charge in [0.15, 0.2) is 0 Å². The maximum atomic E-state index is 12.5. The number of amides is 1. The van der Waals surface area contributed by atoms with E-state index in [1.807, 2.05) is 25.1 Å². The molecule has 0 aliphatic heterocycles. The molecular weight excluding hydrogens is 332 g/mol. The lowest BCUT2D eigenvalue weighted by molar-refractivity contribution is -0.146. The van der Waals surface area contributed by atoms with Gasteiger partial charge >= 0.3 is 5.97 Å². The summed E-state index contributed by atoms with van der Waals surface area (Å²) in [5, 5.41) is 12.1. The zero-order chi connectivity index (χ0) is 18.5. The van der Waals surface area contributed by atoms with Crippen LogP contribution in [0.15, 0.2) is 54.9 Å². The molecule has 0 radical (unpaired) electrons. The molecule has 2 atom stereocenters. The molecule has 26 heavy (non-hydrogen) atoms. The Morgan fingerprint density at radius 2 is 1.96 bits per heavy atom. The molecule has 1 heterocycles. The summed E-state index contributed by atoms with van der Waals surface area (Å²) in [5.74, 6) is -1.17. The van der Waals surface area contributed by atoms with Gasteiger partial charge in [0.2, 0.25) is 5.91 Å².